The highest BCUT2D eigenvalue weighted by molar-refractivity contribution is 8.00. The van der Waals surface area contributed by atoms with E-state index in [9.17, 15) is 18.0 Å². The monoisotopic (exact) mass is 294 g/mol. The zero-order chi connectivity index (χ0) is 14.3. The Bertz CT molecular complexity index is 409. The number of rotatable bonds is 5. The highest BCUT2D eigenvalue weighted by Gasteiger charge is 2.28. The number of benzene rings is 1. The van der Waals surface area contributed by atoms with Crippen LogP contribution in [0.25, 0.3) is 0 Å². The van der Waals surface area contributed by atoms with Crippen LogP contribution in [-0.4, -0.2) is 31.8 Å². The Morgan fingerprint density at radius 3 is 2.47 bits per heavy atom. The standard InChI is InChI=1S/C11H13F3N2O2S/c1-18-7-6-15-10(17)16-8-2-4-9(5-3-8)19-11(12,13)14/h2-5H,6-7H2,1H3,(H2,15,16,17). The summed E-state index contributed by atoms with van der Waals surface area (Å²) < 4.78 is 41.0. The van der Waals surface area contributed by atoms with Crippen molar-refractivity contribution in [3.63, 3.8) is 0 Å². The molecule has 1 rings (SSSR count). The zero-order valence-corrected chi connectivity index (χ0v) is 10.9. The highest BCUT2D eigenvalue weighted by atomic mass is 32.2. The van der Waals surface area contributed by atoms with E-state index in [1.807, 2.05) is 0 Å². The topological polar surface area (TPSA) is 50.4 Å². The normalized spacial score (nSPS) is 11.2. The maximum atomic E-state index is 12.1. The van der Waals surface area contributed by atoms with Crippen molar-refractivity contribution >= 4 is 23.5 Å². The number of hydrogen-bond donors (Lipinski definition) is 2. The van der Waals surface area contributed by atoms with Crippen molar-refractivity contribution in [1.82, 2.24) is 5.32 Å². The van der Waals surface area contributed by atoms with Crippen LogP contribution in [0.5, 0.6) is 0 Å². The molecule has 0 saturated heterocycles. The predicted octanol–water partition coefficient (Wildman–Crippen LogP) is 3.07. The zero-order valence-electron chi connectivity index (χ0n) is 10.1. The first kappa shape index (κ1) is 15.6. The number of nitrogens with one attached hydrogen (secondary N) is 2. The number of methoxy groups -OCH3 is 1. The molecule has 19 heavy (non-hydrogen) atoms. The molecule has 0 fully saturated rings. The smallest absolute Gasteiger partial charge is 0.383 e. The van der Waals surface area contributed by atoms with Crippen LogP contribution in [0.1, 0.15) is 0 Å². The number of alkyl halides is 3. The van der Waals surface area contributed by atoms with Gasteiger partial charge in [-0.2, -0.15) is 13.2 Å². The molecule has 2 N–H and O–H groups in total. The molecule has 0 heterocycles. The van der Waals surface area contributed by atoms with Crippen LogP contribution >= 0.6 is 11.8 Å². The van der Waals surface area contributed by atoms with Crippen LogP contribution in [0.2, 0.25) is 0 Å². The first-order valence-corrected chi connectivity index (χ1v) is 6.12. The van der Waals surface area contributed by atoms with Gasteiger partial charge in [-0.25, -0.2) is 4.79 Å². The molecule has 0 saturated carbocycles. The molecule has 1 aromatic rings. The number of thioether (sulfide) groups is 1. The molecule has 0 aliphatic heterocycles. The van der Waals surface area contributed by atoms with Crippen molar-refractivity contribution in [2.24, 2.45) is 0 Å². The maximum Gasteiger partial charge on any atom is 0.446 e. The molecule has 4 nitrogen and oxygen atoms in total. The Morgan fingerprint density at radius 1 is 1.32 bits per heavy atom. The van der Waals surface area contributed by atoms with E-state index in [4.69, 9.17) is 4.74 Å². The van der Waals surface area contributed by atoms with Gasteiger partial charge in [0, 0.05) is 24.2 Å². The van der Waals surface area contributed by atoms with Crippen LogP contribution in [0.4, 0.5) is 23.7 Å². The number of carbonyl (C=O) groups excluding carboxylic acids is 1. The first-order chi connectivity index (χ1) is 8.90. The molecule has 0 aliphatic rings. The maximum absolute atomic E-state index is 12.1. The minimum atomic E-state index is -4.31. The number of hydrogen-bond acceptors (Lipinski definition) is 3. The van der Waals surface area contributed by atoms with E-state index in [-0.39, 0.29) is 16.7 Å². The minimum Gasteiger partial charge on any atom is -0.383 e. The number of ether oxygens (including phenoxy) is 1. The van der Waals surface area contributed by atoms with Gasteiger partial charge in [0.05, 0.1) is 6.61 Å². The van der Waals surface area contributed by atoms with Gasteiger partial charge >= 0.3 is 11.5 Å². The van der Waals surface area contributed by atoms with E-state index in [1.54, 1.807) is 0 Å². The first-order valence-electron chi connectivity index (χ1n) is 5.30. The lowest BCUT2D eigenvalue weighted by molar-refractivity contribution is -0.0328. The number of amides is 2. The van der Waals surface area contributed by atoms with E-state index in [0.717, 1.165) is 0 Å². The van der Waals surface area contributed by atoms with Crippen LogP contribution in [0, 0.1) is 0 Å². The molecule has 0 spiro atoms. The number of anilines is 1. The Morgan fingerprint density at radius 2 is 1.95 bits per heavy atom. The Kier molecular flexibility index (Phi) is 5.97. The van der Waals surface area contributed by atoms with Crippen LogP contribution in [-0.2, 0) is 4.74 Å². The van der Waals surface area contributed by atoms with Crippen molar-refractivity contribution in [3.8, 4) is 0 Å². The molecule has 1 aromatic carbocycles. The third-order valence-corrected chi connectivity index (χ3v) is 2.68. The lowest BCUT2D eigenvalue weighted by Gasteiger charge is -2.08. The quantitative estimate of drug-likeness (QED) is 0.648. The highest BCUT2D eigenvalue weighted by Crippen LogP contribution is 2.36. The van der Waals surface area contributed by atoms with Crippen LogP contribution in [0.15, 0.2) is 29.2 Å². The molecule has 8 heteroatoms. The summed E-state index contributed by atoms with van der Waals surface area (Å²) in [4.78, 5) is 11.4. The summed E-state index contributed by atoms with van der Waals surface area (Å²) in [6.07, 6.45) is 0. The average molecular weight is 294 g/mol. The van der Waals surface area contributed by atoms with E-state index < -0.39 is 11.5 Å². The van der Waals surface area contributed by atoms with Gasteiger partial charge in [0.2, 0.25) is 0 Å². The molecule has 0 unspecified atom stereocenters. The fraction of sp³-hybridized carbons (Fsp3) is 0.364. The van der Waals surface area contributed by atoms with Gasteiger partial charge in [0.1, 0.15) is 0 Å². The van der Waals surface area contributed by atoms with Crippen molar-refractivity contribution < 1.29 is 22.7 Å². The predicted molar refractivity (Wildman–Crippen MR) is 67.3 cm³/mol. The van der Waals surface area contributed by atoms with Gasteiger partial charge in [-0.15, -0.1) is 0 Å². The Hall–Kier alpha value is -1.41. The summed E-state index contributed by atoms with van der Waals surface area (Å²) >= 11 is -0.200. The third kappa shape index (κ3) is 6.92. The van der Waals surface area contributed by atoms with Crippen LogP contribution in [0.3, 0.4) is 0 Å². The van der Waals surface area contributed by atoms with Crippen molar-refractivity contribution in [2.45, 2.75) is 10.4 Å². The van der Waals surface area contributed by atoms with Crippen molar-refractivity contribution in [1.29, 1.82) is 0 Å². The minimum absolute atomic E-state index is 0.0674. The molecule has 0 aromatic heterocycles. The summed E-state index contributed by atoms with van der Waals surface area (Å²) in [6.45, 7) is 0.735. The van der Waals surface area contributed by atoms with Crippen LogP contribution < -0.4 is 10.6 Å². The van der Waals surface area contributed by atoms with Gasteiger partial charge in [0.15, 0.2) is 0 Å². The fourth-order valence-electron chi connectivity index (χ4n) is 1.18. The largest absolute Gasteiger partial charge is 0.446 e. The number of carbonyl (C=O) groups is 1. The second-order valence-corrected chi connectivity index (χ2v) is 4.58. The van der Waals surface area contributed by atoms with Crippen molar-refractivity contribution in [2.75, 3.05) is 25.6 Å². The number of urea groups is 1. The van der Waals surface area contributed by atoms with Gasteiger partial charge in [-0.05, 0) is 36.0 Å². The third-order valence-electron chi connectivity index (χ3n) is 1.94. The summed E-state index contributed by atoms with van der Waals surface area (Å²) in [5.74, 6) is 0. The van der Waals surface area contributed by atoms with Gasteiger partial charge < -0.3 is 15.4 Å². The second kappa shape index (κ2) is 7.25. The fourth-order valence-corrected chi connectivity index (χ4v) is 1.72. The van der Waals surface area contributed by atoms with E-state index in [0.29, 0.717) is 18.8 Å². The summed E-state index contributed by atoms with van der Waals surface area (Å²) in [7, 11) is 1.51. The average Bonchev–Trinajstić information content (AvgIpc) is 2.30. The molecule has 0 atom stereocenters. The Balaban J connectivity index is 2.46. The van der Waals surface area contributed by atoms with E-state index in [2.05, 4.69) is 10.6 Å². The van der Waals surface area contributed by atoms with Gasteiger partial charge in [-0.1, -0.05) is 0 Å². The molecule has 2 amide bonds. The lowest BCUT2D eigenvalue weighted by atomic mass is 10.3. The van der Waals surface area contributed by atoms with Crippen molar-refractivity contribution in [3.05, 3.63) is 24.3 Å². The van der Waals surface area contributed by atoms with E-state index >= 15 is 0 Å². The van der Waals surface area contributed by atoms with E-state index in [1.165, 1.54) is 31.4 Å². The molecule has 0 aliphatic carbocycles. The molecule has 0 radical (unpaired) electrons. The lowest BCUT2D eigenvalue weighted by Crippen LogP contribution is -2.31. The second-order valence-electron chi connectivity index (χ2n) is 3.45. The summed E-state index contributed by atoms with van der Waals surface area (Å²) in [5, 5.41) is 5.02. The Labute approximate surface area is 112 Å². The SMILES string of the molecule is COCCNC(=O)Nc1ccc(SC(F)(F)F)cc1. The summed E-state index contributed by atoms with van der Waals surface area (Å²) in [5.41, 5.74) is -3.90. The number of halogens is 3. The van der Waals surface area contributed by atoms with Gasteiger partial charge in [-0.3, -0.25) is 0 Å². The molecular weight excluding hydrogens is 281 g/mol. The molecule has 106 valence electrons. The summed E-state index contributed by atoms with van der Waals surface area (Å²) in [6, 6.07) is 4.97. The molecule has 0 bridgehead atoms. The van der Waals surface area contributed by atoms with Gasteiger partial charge in [0.25, 0.3) is 0 Å². The molecular formula is C11H13F3N2O2S.